The number of benzene rings is 1. The minimum absolute atomic E-state index is 0.0131. The van der Waals surface area contributed by atoms with Crippen molar-refractivity contribution in [1.29, 1.82) is 0 Å². The third-order valence-electron chi connectivity index (χ3n) is 4.03. The predicted molar refractivity (Wildman–Crippen MR) is 80.6 cm³/mol. The summed E-state index contributed by atoms with van der Waals surface area (Å²) in [5.41, 5.74) is 7.13. The van der Waals surface area contributed by atoms with Gasteiger partial charge >= 0.3 is 6.03 Å². The van der Waals surface area contributed by atoms with Crippen LogP contribution in [0.15, 0.2) is 24.3 Å². The second-order valence-electron chi connectivity index (χ2n) is 5.78. The van der Waals surface area contributed by atoms with Gasteiger partial charge in [-0.05, 0) is 43.0 Å². The van der Waals surface area contributed by atoms with Crippen LogP contribution in [0, 0.1) is 5.92 Å². The summed E-state index contributed by atoms with van der Waals surface area (Å²) in [5, 5.41) is 2.92. The summed E-state index contributed by atoms with van der Waals surface area (Å²) < 4.78 is 0. The van der Waals surface area contributed by atoms with Crippen molar-refractivity contribution in [2.24, 2.45) is 5.92 Å². The van der Waals surface area contributed by atoms with Gasteiger partial charge in [-0.1, -0.05) is 0 Å². The molecule has 0 bridgehead atoms. The minimum Gasteiger partial charge on any atom is -0.399 e. The fraction of sp³-hybridized carbons (Fsp3) is 0.533. The molecule has 0 atom stereocenters. The van der Waals surface area contributed by atoms with Crippen molar-refractivity contribution in [1.82, 2.24) is 9.80 Å². The van der Waals surface area contributed by atoms with Gasteiger partial charge in [0.15, 0.2) is 0 Å². The van der Waals surface area contributed by atoms with E-state index in [1.165, 1.54) is 19.4 Å². The summed E-state index contributed by atoms with van der Waals surface area (Å²) in [4.78, 5) is 16.5. The van der Waals surface area contributed by atoms with Gasteiger partial charge in [-0.25, -0.2) is 4.79 Å². The van der Waals surface area contributed by atoms with Crippen LogP contribution < -0.4 is 11.1 Å². The number of hydrogen-bond acceptors (Lipinski definition) is 3. The molecular weight excluding hydrogens is 252 g/mol. The molecule has 1 heterocycles. The Kier molecular flexibility index (Phi) is 3.78. The minimum atomic E-state index is -0.0131. The van der Waals surface area contributed by atoms with Gasteiger partial charge < -0.3 is 16.0 Å². The first-order valence-electron chi connectivity index (χ1n) is 7.34. The number of hydrogen-bond donors (Lipinski definition) is 2. The highest BCUT2D eigenvalue weighted by Gasteiger charge is 2.27. The molecule has 0 radical (unpaired) electrons. The number of urea groups is 1. The van der Waals surface area contributed by atoms with Gasteiger partial charge in [0.1, 0.15) is 0 Å². The van der Waals surface area contributed by atoms with Crippen LogP contribution >= 0.6 is 0 Å². The molecule has 0 unspecified atom stereocenters. The van der Waals surface area contributed by atoms with E-state index in [0.29, 0.717) is 5.69 Å². The molecule has 0 spiro atoms. The smallest absolute Gasteiger partial charge is 0.321 e. The maximum Gasteiger partial charge on any atom is 0.321 e. The highest BCUT2D eigenvalue weighted by molar-refractivity contribution is 5.89. The van der Waals surface area contributed by atoms with E-state index in [2.05, 4.69) is 10.2 Å². The van der Waals surface area contributed by atoms with Gasteiger partial charge in [0.25, 0.3) is 0 Å². The zero-order valence-corrected chi connectivity index (χ0v) is 11.7. The Balaban J connectivity index is 1.47. The second kappa shape index (κ2) is 5.71. The summed E-state index contributed by atoms with van der Waals surface area (Å²) in [7, 11) is 0. The Morgan fingerprint density at radius 2 is 1.80 bits per heavy atom. The van der Waals surface area contributed by atoms with E-state index >= 15 is 0 Å². The number of rotatable bonds is 3. The van der Waals surface area contributed by atoms with Gasteiger partial charge in [-0.3, -0.25) is 4.90 Å². The van der Waals surface area contributed by atoms with Crippen LogP contribution in [0.4, 0.5) is 16.2 Å². The number of carbonyl (C=O) groups excluding carboxylic acids is 1. The number of nitrogens with zero attached hydrogens (tertiary/aromatic N) is 2. The second-order valence-corrected chi connectivity index (χ2v) is 5.78. The Hall–Kier alpha value is -1.75. The average molecular weight is 274 g/mol. The zero-order valence-electron chi connectivity index (χ0n) is 11.7. The number of nitrogen functional groups attached to an aromatic ring is 1. The highest BCUT2D eigenvalue weighted by atomic mass is 16.2. The standard InChI is InChI=1S/C15H22N4O/c16-13-3-5-14(6-4-13)17-15(20)19-9-7-18(8-10-19)11-12-1-2-12/h3-6,12H,1-2,7-11,16H2,(H,17,20). The Morgan fingerprint density at radius 3 is 2.40 bits per heavy atom. The molecule has 108 valence electrons. The molecule has 20 heavy (non-hydrogen) atoms. The SMILES string of the molecule is Nc1ccc(NC(=O)N2CCN(CC3CC3)CC2)cc1. The van der Waals surface area contributed by atoms with E-state index < -0.39 is 0 Å². The van der Waals surface area contributed by atoms with Crippen molar-refractivity contribution >= 4 is 17.4 Å². The zero-order chi connectivity index (χ0) is 13.9. The van der Waals surface area contributed by atoms with Crippen molar-refractivity contribution in [2.75, 3.05) is 43.8 Å². The molecule has 5 nitrogen and oxygen atoms in total. The van der Waals surface area contributed by atoms with E-state index in [9.17, 15) is 4.79 Å². The summed E-state index contributed by atoms with van der Waals surface area (Å²) in [6.45, 7) is 4.83. The topological polar surface area (TPSA) is 61.6 Å². The van der Waals surface area contributed by atoms with E-state index in [4.69, 9.17) is 5.73 Å². The first-order chi connectivity index (χ1) is 9.70. The molecule has 1 aromatic carbocycles. The Labute approximate surface area is 119 Å². The summed E-state index contributed by atoms with van der Waals surface area (Å²) in [5.74, 6) is 0.921. The van der Waals surface area contributed by atoms with Gasteiger partial charge in [0, 0.05) is 44.1 Å². The Morgan fingerprint density at radius 1 is 1.15 bits per heavy atom. The third-order valence-corrected chi connectivity index (χ3v) is 4.03. The molecule has 3 rings (SSSR count). The van der Waals surface area contributed by atoms with Crippen molar-refractivity contribution < 1.29 is 4.79 Å². The van der Waals surface area contributed by atoms with Crippen LogP contribution in [0.25, 0.3) is 0 Å². The molecule has 1 saturated heterocycles. The molecule has 2 fully saturated rings. The lowest BCUT2D eigenvalue weighted by Gasteiger charge is -2.34. The first kappa shape index (κ1) is 13.2. The molecule has 1 aromatic rings. The molecule has 0 aromatic heterocycles. The lowest BCUT2D eigenvalue weighted by Crippen LogP contribution is -2.50. The number of piperazine rings is 1. The third kappa shape index (κ3) is 3.42. The quantitative estimate of drug-likeness (QED) is 0.827. The van der Waals surface area contributed by atoms with Crippen LogP contribution in [-0.4, -0.2) is 48.6 Å². The normalized spacial score (nSPS) is 19.9. The van der Waals surface area contributed by atoms with Crippen LogP contribution in [0.3, 0.4) is 0 Å². The van der Waals surface area contributed by atoms with E-state index in [1.807, 2.05) is 17.0 Å². The number of nitrogens with one attached hydrogen (secondary N) is 1. The maximum absolute atomic E-state index is 12.2. The molecule has 2 aliphatic rings. The molecule has 1 saturated carbocycles. The van der Waals surface area contributed by atoms with Gasteiger partial charge in [0.2, 0.25) is 0 Å². The fourth-order valence-electron chi connectivity index (χ4n) is 2.57. The molecule has 2 amide bonds. The Bertz CT molecular complexity index is 461. The monoisotopic (exact) mass is 274 g/mol. The molecule has 1 aliphatic carbocycles. The van der Waals surface area contributed by atoms with Gasteiger partial charge in [-0.2, -0.15) is 0 Å². The van der Waals surface area contributed by atoms with E-state index in [1.54, 1.807) is 12.1 Å². The summed E-state index contributed by atoms with van der Waals surface area (Å²) in [6, 6.07) is 7.24. The predicted octanol–water partition coefficient (Wildman–Crippen LogP) is 1.83. The lowest BCUT2D eigenvalue weighted by molar-refractivity contribution is 0.144. The molecule has 3 N–H and O–H groups in total. The van der Waals surface area contributed by atoms with Gasteiger partial charge in [-0.15, -0.1) is 0 Å². The first-order valence-corrected chi connectivity index (χ1v) is 7.34. The van der Waals surface area contributed by atoms with Crippen LogP contribution in [0.2, 0.25) is 0 Å². The number of anilines is 2. The highest BCUT2D eigenvalue weighted by Crippen LogP contribution is 2.29. The number of amides is 2. The largest absolute Gasteiger partial charge is 0.399 e. The van der Waals surface area contributed by atoms with Crippen molar-refractivity contribution in [3.8, 4) is 0 Å². The summed E-state index contributed by atoms with van der Waals surface area (Å²) in [6.07, 6.45) is 2.77. The number of carbonyl (C=O) groups is 1. The molecular formula is C15H22N4O. The van der Waals surface area contributed by atoms with Crippen molar-refractivity contribution in [3.63, 3.8) is 0 Å². The maximum atomic E-state index is 12.2. The van der Waals surface area contributed by atoms with Crippen LogP contribution in [0.5, 0.6) is 0 Å². The van der Waals surface area contributed by atoms with Crippen molar-refractivity contribution in [3.05, 3.63) is 24.3 Å². The lowest BCUT2D eigenvalue weighted by atomic mass is 10.2. The number of nitrogens with two attached hydrogens (primary N) is 1. The fourth-order valence-corrected chi connectivity index (χ4v) is 2.57. The van der Waals surface area contributed by atoms with Crippen molar-refractivity contribution in [2.45, 2.75) is 12.8 Å². The average Bonchev–Trinajstić information content (AvgIpc) is 3.26. The van der Waals surface area contributed by atoms with Gasteiger partial charge in [0.05, 0.1) is 0 Å². The van der Waals surface area contributed by atoms with Crippen LogP contribution in [0.1, 0.15) is 12.8 Å². The summed E-state index contributed by atoms with van der Waals surface area (Å²) >= 11 is 0. The molecule has 5 heteroatoms. The van der Waals surface area contributed by atoms with Crippen LogP contribution in [-0.2, 0) is 0 Å². The van der Waals surface area contributed by atoms with E-state index in [0.717, 1.165) is 37.8 Å². The molecule has 1 aliphatic heterocycles. The van der Waals surface area contributed by atoms with E-state index in [-0.39, 0.29) is 6.03 Å².